The maximum absolute atomic E-state index is 12.2. The lowest BCUT2D eigenvalue weighted by Crippen LogP contribution is -2.36. The summed E-state index contributed by atoms with van der Waals surface area (Å²) in [4.78, 5) is 28.9. The van der Waals surface area contributed by atoms with Crippen molar-refractivity contribution >= 4 is 62.6 Å². The second kappa shape index (κ2) is 15.1. The van der Waals surface area contributed by atoms with Crippen molar-refractivity contribution in [2.45, 2.75) is 46.5 Å². The highest BCUT2D eigenvalue weighted by molar-refractivity contribution is 8.18. The molecule has 4 heterocycles. The van der Waals surface area contributed by atoms with Gasteiger partial charge in [-0.05, 0) is 41.6 Å². The van der Waals surface area contributed by atoms with Crippen molar-refractivity contribution in [1.29, 1.82) is 0 Å². The Balaban J connectivity index is 1.49. The van der Waals surface area contributed by atoms with Crippen LogP contribution in [0.3, 0.4) is 0 Å². The monoisotopic (exact) mass is 611 g/mol. The first kappa shape index (κ1) is 30.7. The van der Waals surface area contributed by atoms with E-state index in [1.165, 1.54) is 38.3 Å². The molecule has 42 heavy (non-hydrogen) atoms. The van der Waals surface area contributed by atoms with E-state index in [0.29, 0.717) is 32.2 Å². The van der Waals surface area contributed by atoms with E-state index in [4.69, 9.17) is 19.5 Å². The highest BCUT2D eigenvalue weighted by Crippen LogP contribution is 2.39. The molecule has 1 aromatic heterocycles. The van der Waals surface area contributed by atoms with Crippen molar-refractivity contribution < 1.29 is 18.8 Å². The van der Waals surface area contributed by atoms with E-state index >= 15 is 0 Å². The molecule has 11 heteroatoms. The molecule has 0 atom stereocenters. The number of aliphatic imine (C=N–C) groups is 1. The number of unbranched alkanes of at least 4 members (excludes halogenated alkanes) is 2. The molecule has 5 rings (SSSR count). The normalized spacial score (nSPS) is 18.5. The molecule has 2 saturated heterocycles. The number of amidine groups is 1. The number of hydrogen-bond acceptors (Lipinski definition) is 8. The van der Waals surface area contributed by atoms with E-state index in [1.54, 1.807) is 23.1 Å². The van der Waals surface area contributed by atoms with Crippen molar-refractivity contribution in [2.24, 2.45) is 4.99 Å². The molecule has 0 unspecified atom stereocenters. The van der Waals surface area contributed by atoms with Crippen molar-refractivity contribution in [3.8, 4) is 0 Å². The molecule has 0 aliphatic carbocycles. The van der Waals surface area contributed by atoms with Crippen LogP contribution in [0.5, 0.6) is 0 Å². The number of anilines is 3. The summed E-state index contributed by atoms with van der Waals surface area (Å²) in [6.45, 7) is 14.1. The van der Waals surface area contributed by atoms with Gasteiger partial charge >= 0.3 is 5.17 Å². The van der Waals surface area contributed by atoms with Crippen LogP contribution in [0.1, 0.15) is 56.9 Å². The summed E-state index contributed by atoms with van der Waals surface area (Å²) in [6, 6.07) is 8.90. The van der Waals surface area contributed by atoms with Gasteiger partial charge in [0.1, 0.15) is 18.0 Å². The number of nitrogens with one attached hydrogen (secondary N) is 1. The minimum Gasteiger partial charge on any atom is -0.378 e. The predicted octanol–water partition coefficient (Wildman–Crippen LogP) is 5.32. The maximum Gasteiger partial charge on any atom is 0.360 e. The summed E-state index contributed by atoms with van der Waals surface area (Å²) >= 11 is 3.27. The molecule has 2 fully saturated rings. The molecule has 1 aromatic carbocycles. The van der Waals surface area contributed by atoms with Crippen LogP contribution in [0.15, 0.2) is 34.2 Å². The lowest BCUT2D eigenvalue weighted by atomic mass is 10.1. The van der Waals surface area contributed by atoms with Crippen molar-refractivity contribution in [2.75, 3.05) is 80.8 Å². The standard InChI is InChI=1S/C31H42N6O3S2/c1-4-6-12-35(13-7-5-2)25-10-8-24(9-11-25)22-26-27(33-30(41-26)36-14-18-39-19-15-36)28-29(32-23(3)38)34-31(42-28)37-16-20-40-21-17-37/h8-11,22H,4-7,12-21H2,1-3H3/p+1. The average Bonchev–Trinajstić information content (AvgIpc) is 3.62. The number of allylic oxidation sites excluding steroid dienone is 1. The zero-order chi connectivity index (χ0) is 29.3. The highest BCUT2D eigenvalue weighted by Gasteiger charge is 2.36. The molecule has 0 bridgehead atoms. The number of carbonyl (C=O) groups is 1. The van der Waals surface area contributed by atoms with Gasteiger partial charge in [-0.25, -0.2) is 9.56 Å². The first-order chi connectivity index (χ1) is 20.6. The summed E-state index contributed by atoms with van der Waals surface area (Å²) < 4.78 is 13.5. The number of hydrogen-bond donors (Lipinski definition) is 1. The van der Waals surface area contributed by atoms with Gasteiger partial charge in [-0.2, -0.15) is 0 Å². The number of ether oxygens (including phenoxy) is 2. The van der Waals surface area contributed by atoms with Crippen LogP contribution in [-0.4, -0.2) is 92.0 Å². The first-order valence-corrected chi connectivity index (χ1v) is 16.8. The Morgan fingerprint density at radius 2 is 1.71 bits per heavy atom. The molecule has 2 aromatic rings. The van der Waals surface area contributed by atoms with E-state index in [0.717, 1.165) is 70.6 Å². The largest absolute Gasteiger partial charge is 0.378 e. The van der Waals surface area contributed by atoms with Gasteiger partial charge in [0.05, 0.1) is 31.3 Å². The van der Waals surface area contributed by atoms with Gasteiger partial charge in [-0.15, -0.1) is 0 Å². The van der Waals surface area contributed by atoms with Crippen LogP contribution in [0.25, 0.3) is 6.08 Å². The van der Waals surface area contributed by atoms with E-state index in [2.05, 4.69) is 63.9 Å². The van der Waals surface area contributed by atoms with E-state index in [1.807, 2.05) is 0 Å². The zero-order valence-corrected chi connectivity index (χ0v) is 26.7. The molecule has 3 aliphatic heterocycles. The van der Waals surface area contributed by atoms with Crippen LogP contribution >= 0.6 is 23.1 Å². The number of nitrogens with zero attached hydrogens (tertiary/aromatic N) is 5. The molecule has 0 spiro atoms. The van der Waals surface area contributed by atoms with Gasteiger partial charge in [-0.3, -0.25) is 4.79 Å². The van der Waals surface area contributed by atoms with Crippen LogP contribution in [0.2, 0.25) is 0 Å². The third-order valence-corrected chi connectivity index (χ3v) is 9.64. The Labute approximate surface area is 257 Å². The predicted molar refractivity (Wildman–Crippen MR) is 176 cm³/mol. The third kappa shape index (κ3) is 7.80. The van der Waals surface area contributed by atoms with Gasteiger partial charge in [-0.1, -0.05) is 50.2 Å². The fraction of sp³-hybridized carbons (Fsp3) is 0.548. The summed E-state index contributed by atoms with van der Waals surface area (Å²) in [5, 5.41) is 4.83. The lowest BCUT2D eigenvalue weighted by molar-refractivity contribution is -0.547. The van der Waals surface area contributed by atoms with Crippen LogP contribution < -0.4 is 15.1 Å². The summed E-state index contributed by atoms with van der Waals surface area (Å²) in [7, 11) is 0. The average molecular weight is 612 g/mol. The number of amides is 1. The number of thiazole rings is 1. The van der Waals surface area contributed by atoms with Gasteiger partial charge in [0.2, 0.25) is 11.6 Å². The van der Waals surface area contributed by atoms with Crippen LogP contribution in [0, 0.1) is 0 Å². The van der Waals surface area contributed by atoms with Crippen LogP contribution in [0.4, 0.5) is 16.6 Å². The molecule has 9 nitrogen and oxygen atoms in total. The molecule has 1 amide bonds. The number of aromatic nitrogens is 1. The molecular weight excluding hydrogens is 569 g/mol. The van der Waals surface area contributed by atoms with Crippen LogP contribution in [-0.2, 0) is 14.3 Å². The summed E-state index contributed by atoms with van der Waals surface area (Å²) in [5.41, 5.74) is 3.26. The minimum atomic E-state index is -0.143. The number of rotatable bonds is 11. The fourth-order valence-electron chi connectivity index (χ4n) is 5.08. The van der Waals surface area contributed by atoms with E-state index < -0.39 is 0 Å². The van der Waals surface area contributed by atoms with Crippen molar-refractivity contribution in [3.63, 3.8) is 0 Å². The molecule has 1 N–H and O–H groups in total. The summed E-state index contributed by atoms with van der Waals surface area (Å²) in [6.07, 6.45) is 7.00. The fourth-order valence-corrected chi connectivity index (χ4v) is 7.31. The second-order valence-corrected chi connectivity index (χ2v) is 12.7. The zero-order valence-electron chi connectivity index (χ0n) is 25.1. The molecular formula is C31H43N6O3S2+. The summed E-state index contributed by atoms with van der Waals surface area (Å²) in [5.74, 6) is 0.427. The Morgan fingerprint density at radius 1 is 1.05 bits per heavy atom. The van der Waals surface area contributed by atoms with Gasteiger partial charge in [0.25, 0.3) is 0 Å². The third-order valence-electron chi connectivity index (χ3n) is 7.45. The molecule has 0 radical (unpaired) electrons. The number of morpholine rings is 2. The topological polar surface area (TPSA) is 82.3 Å². The van der Waals surface area contributed by atoms with E-state index in [-0.39, 0.29) is 5.91 Å². The number of thioether (sulfide) groups is 1. The van der Waals surface area contributed by atoms with E-state index in [9.17, 15) is 4.79 Å². The molecule has 226 valence electrons. The second-order valence-electron chi connectivity index (χ2n) is 10.7. The van der Waals surface area contributed by atoms with Crippen molar-refractivity contribution in [3.05, 3.63) is 39.6 Å². The molecule has 3 aliphatic rings. The van der Waals surface area contributed by atoms with Gasteiger partial charge in [0, 0.05) is 50.6 Å². The Hall–Kier alpha value is -2.73. The number of benzene rings is 1. The molecule has 0 saturated carbocycles. The van der Waals surface area contributed by atoms with Gasteiger partial charge < -0.3 is 24.6 Å². The minimum absolute atomic E-state index is 0.143. The smallest absolute Gasteiger partial charge is 0.360 e. The number of carbonyl (C=O) groups excluding carboxylic acids is 1. The Bertz CT molecular complexity index is 1300. The quantitative estimate of drug-likeness (QED) is 0.345. The first-order valence-electron chi connectivity index (χ1n) is 15.2. The maximum atomic E-state index is 12.2. The Morgan fingerprint density at radius 3 is 2.36 bits per heavy atom. The lowest BCUT2D eigenvalue weighted by Gasteiger charge is -2.25. The van der Waals surface area contributed by atoms with Gasteiger partial charge in [0.15, 0.2) is 10.9 Å². The highest BCUT2D eigenvalue weighted by atomic mass is 32.2. The SMILES string of the molecule is CCCCN(CCCC)c1ccc(C=C2SC(=[N+]3CCOCC3)N=C2c2sc(N3CCOCC3)nc2NC(C)=O)cc1. The van der Waals surface area contributed by atoms with Crippen molar-refractivity contribution in [1.82, 2.24) is 4.98 Å². The Kier molecular flexibility index (Phi) is 11.1.